The Morgan fingerprint density at radius 2 is 1.52 bits per heavy atom. The average molecular weight is 435 g/mol. The maximum atomic E-state index is 2.68. The van der Waals surface area contributed by atoms with Crippen molar-refractivity contribution in [2.45, 2.75) is 51.7 Å². The molecule has 2 aliphatic rings. The molecule has 0 N–H and O–H groups in total. The molecule has 0 radical (unpaired) electrons. The van der Waals surface area contributed by atoms with Crippen LogP contribution in [0.2, 0.25) is 0 Å². The van der Waals surface area contributed by atoms with Gasteiger partial charge in [0.15, 0.2) is 11.9 Å². The summed E-state index contributed by atoms with van der Waals surface area (Å²) < 4.78 is 2.39. The van der Waals surface area contributed by atoms with Crippen molar-refractivity contribution < 1.29 is 4.57 Å². The summed E-state index contributed by atoms with van der Waals surface area (Å²) in [5.41, 5.74) is 6.59. The molecule has 166 valence electrons. The largest absolute Gasteiger partial charge is 0.327 e. The highest BCUT2D eigenvalue weighted by molar-refractivity contribution is 5.97. The minimum atomic E-state index is 0.292. The van der Waals surface area contributed by atoms with Gasteiger partial charge < -0.3 is 4.90 Å². The molecule has 3 nitrogen and oxygen atoms in total. The Bertz CT molecular complexity index is 1340. The minimum absolute atomic E-state index is 0.292. The van der Waals surface area contributed by atoms with E-state index in [4.69, 9.17) is 0 Å². The van der Waals surface area contributed by atoms with Crippen molar-refractivity contribution in [1.82, 2.24) is 0 Å². The van der Waals surface area contributed by atoms with Gasteiger partial charge in [0.2, 0.25) is 0 Å². The van der Waals surface area contributed by atoms with Crippen molar-refractivity contribution in [3.05, 3.63) is 84.4 Å². The topological polar surface area (TPSA) is 10.4 Å². The third-order valence-corrected chi connectivity index (χ3v) is 7.76. The van der Waals surface area contributed by atoms with Gasteiger partial charge in [0, 0.05) is 17.7 Å². The predicted octanol–water partition coefficient (Wildman–Crippen LogP) is 6.89. The Morgan fingerprint density at radius 1 is 0.788 bits per heavy atom. The molecule has 1 saturated carbocycles. The van der Waals surface area contributed by atoms with Crippen molar-refractivity contribution in [1.29, 1.82) is 0 Å². The van der Waals surface area contributed by atoms with Gasteiger partial charge in [0.25, 0.3) is 5.82 Å². The minimum Gasteiger partial charge on any atom is -0.327 e. The Balaban J connectivity index is 1.52. The van der Waals surface area contributed by atoms with Crippen molar-refractivity contribution in [2.75, 3.05) is 9.80 Å². The van der Waals surface area contributed by atoms with Crippen LogP contribution < -0.4 is 14.4 Å². The van der Waals surface area contributed by atoms with Gasteiger partial charge in [-0.3, -0.25) is 0 Å². The van der Waals surface area contributed by atoms with E-state index in [1.807, 2.05) is 0 Å². The molecule has 6 rings (SSSR count). The smallest absolute Gasteiger partial charge is 0.283 e. The normalized spacial score (nSPS) is 18.3. The van der Waals surface area contributed by atoms with Gasteiger partial charge in [-0.15, -0.1) is 0 Å². The summed E-state index contributed by atoms with van der Waals surface area (Å²) in [6.07, 6.45) is 5.58. The van der Waals surface area contributed by atoms with E-state index in [0.29, 0.717) is 12.2 Å². The van der Waals surface area contributed by atoms with E-state index in [2.05, 4.69) is 114 Å². The van der Waals surface area contributed by atoms with E-state index in [1.165, 1.54) is 70.5 Å². The third kappa shape index (κ3) is 3.13. The molecule has 0 unspecified atom stereocenters. The second-order valence-electron chi connectivity index (χ2n) is 9.64. The molecule has 3 aromatic carbocycles. The summed E-state index contributed by atoms with van der Waals surface area (Å²) in [5.74, 6) is 1.24. The number of aryl methyl sites for hydroxylation is 1. The molecule has 4 aromatic rings. The SMILES string of the molecule is Cc1ccc2ccccc2c1-c1cccc(N2c3ccccc3N(C3CCCC3)[C@H]2C)[n+]1C. The molecule has 3 heteroatoms. The van der Waals surface area contributed by atoms with Crippen LogP contribution >= 0.6 is 0 Å². The third-order valence-electron chi connectivity index (χ3n) is 7.76. The van der Waals surface area contributed by atoms with Crippen LogP contribution in [0.15, 0.2) is 78.9 Å². The van der Waals surface area contributed by atoms with Gasteiger partial charge in [-0.05, 0) is 67.3 Å². The van der Waals surface area contributed by atoms with Crippen LogP contribution in [0, 0.1) is 6.92 Å². The van der Waals surface area contributed by atoms with Crippen LogP contribution in [0.1, 0.15) is 38.2 Å². The Hall–Kier alpha value is -3.33. The van der Waals surface area contributed by atoms with E-state index in [1.54, 1.807) is 0 Å². The number of hydrogen-bond acceptors (Lipinski definition) is 2. The van der Waals surface area contributed by atoms with E-state index in [9.17, 15) is 0 Å². The Kier molecular flexibility index (Phi) is 4.86. The zero-order valence-corrected chi connectivity index (χ0v) is 19.8. The monoisotopic (exact) mass is 434 g/mol. The molecule has 2 heterocycles. The van der Waals surface area contributed by atoms with Gasteiger partial charge in [0.1, 0.15) is 5.69 Å². The number of pyridine rings is 1. The summed E-state index contributed by atoms with van der Waals surface area (Å²) in [7, 11) is 2.22. The highest BCUT2D eigenvalue weighted by Crippen LogP contribution is 2.46. The molecule has 33 heavy (non-hydrogen) atoms. The number of aromatic nitrogens is 1. The van der Waals surface area contributed by atoms with E-state index < -0.39 is 0 Å². The maximum Gasteiger partial charge on any atom is 0.283 e. The first-order valence-electron chi connectivity index (χ1n) is 12.3. The molecular formula is C30H32N3+. The fourth-order valence-electron chi connectivity index (χ4n) is 6.20. The van der Waals surface area contributed by atoms with Crippen LogP contribution in [0.5, 0.6) is 0 Å². The first-order valence-corrected chi connectivity index (χ1v) is 12.3. The summed E-state index contributed by atoms with van der Waals surface area (Å²) in [5, 5.41) is 2.60. The number of para-hydroxylation sites is 2. The number of fused-ring (bicyclic) bond motifs is 2. The van der Waals surface area contributed by atoms with Gasteiger partial charge in [-0.25, -0.2) is 9.47 Å². The molecule has 0 amide bonds. The van der Waals surface area contributed by atoms with Gasteiger partial charge in [-0.1, -0.05) is 61.4 Å². The lowest BCUT2D eigenvalue weighted by atomic mass is 9.96. The average Bonchev–Trinajstić information content (AvgIpc) is 3.45. The van der Waals surface area contributed by atoms with E-state index in [0.717, 1.165) is 0 Å². The lowest BCUT2D eigenvalue weighted by Crippen LogP contribution is -2.48. The molecule has 0 spiro atoms. The van der Waals surface area contributed by atoms with Crippen LogP contribution in [-0.4, -0.2) is 12.2 Å². The highest BCUT2D eigenvalue weighted by atomic mass is 15.4. The molecule has 1 aromatic heterocycles. The first kappa shape index (κ1) is 20.3. The fourth-order valence-corrected chi connectivity index (χ4v) is 6.20. The van der Waals surface area contributed by atoms with Crippen LogP contribution in [0.3, 0.4) is 0 Å². The quantitative estimate of drug-likeness (QED) is 0.325. The number of anilines is 3. The van der Waals surface area contributed by atoms with Crippen molar-refractivity contribution in [3.8, 4) is 11.3 Å². The summed E-state index contributed by atoms with van der Waals surface area (Å²) in [6, 6.07) is 29.6. The number of rotatable bonds is 3. The lowest BCUT2D eigenvalue weighted by Gasteiger charge is -2.30. The molecular weight excluding hydrogens is 402 g/mol. The standard InChI is InChI=1S/C30H32N3/c1-21-19-20-23-11-4-7-14-25(23)30(21)28-17-10-18-29(31(28)3)33-22(2)32(24-12-5-6-13-24)26-15-8-9-16-27(26)33/h4,7-11,14-20,22,24H,5-6,12-13H2,1-3H3/q+1/t22-/m1/s1. The Morgan fingerprint density at radius 3 is 2.33 bits per heavy atom. The first-order chi connectivity index (χ1) is 16.1. The highest BCUT2D eigenvalue weighted by Gasteiger charge is 2.44. The number of hydrogen-bond donors (Lipinski definition) is 0. The zero-order chi connectivity index (χ0) is 22.5. The number of benzene rings is 3. The van der Waals surface area contributed by atoms with Gasteiger partial charge in [0.05, 0.1) is 12.7 Å². The Labute approximate surface area is 196 Å². The molecule has 1 atom stereocenters. The van der Waals surface area contributed by atoms with Gasteiger partial charge >= 0.3 is 0 Å². The zero-order valence-electron chi connectivity index (χ0n) is 19.8. The number of nitrogens with zero attached hydrogens (tertiary/aromatic N) is 3. The van der Waals surface area contributed by atoms with Crippen molar-refractivity contribution in [2.24, 2.45) is 7.05 Å². The second-order valence-corrected chi connectivity index (χ2v) is 9.64. The van der Waals surface area contributed by atoms with Crippen LogP contribution in [0.4, 0.5) is 17.2 Å². The van der Waals surface area contributed by atoms with Crippen molar-refractivity contribution >= 4 is 28.0 Å². The second kappa shape index (κ2) is 7.91. The van der Waals surface area contributed by atoms with E-state index >= 15 is 0 Å². The summed E-state index contributed by atoms with van der Waals surface area (Å²) >= 11 is 0. The molecule has 1 aliphatic heterocycles. The molecule has 1 aliphatic carbocycles. The molecule has 0 bridgehead atoms. The maximum absolute atomic E-state index is 2.68. The lowest BCUT2D eigenvalue weighted by molar-refractivity contribution is -0.647. The van der Waals surface area contributed by atoms with Crippen LogP contribution in [-0.2, 0) is 7.05 Å². The fraction of sp³-hybridized carbons (Fsp3) is 0.300. The summed E-state index contributed by atoms with van der Waals surface area (Å²) in [6.45, 7) is 4.60. The van der Waals surface area contributed by atoms with Crippen LogP contribution in [0.25, 0.3) is 22.0 Å². The van der Waals surface area contributed by atoms with Crippen molar-refractivity contribution in [3.63, 3.8) is 0 Å². The molecule has 1 fully saturated rings. The predicted molar refractivity (Wildman–Crippen MR) is 138 cm³/mol. The molecule has 0 saturated heterocycles. The van der Waals surface area contributed by atoms with E-state index in [-0.39, 0.29) is 0 Å². The summed E-state index contributed by atoms with van der Waals surface area (Å²) in [4.78, 5) is 5.22. The van der Waals surface area contributed by atoms with Gasteiger partial charge in [-0.2, -0.15) is 0 Å².